The van der Waals surface area contributed by atoms with Crippen molar-refractivity contribution in [1.82, 2.24) is 9.97 Å². The molecule has 6 nitrogen and oxygen atoms in total. The molecule has 0 spiro atoms. The average Bonchev–Trinajstić information content (AvgIpc) is 2.59. The van der Waals surface area contributed by atoms with E-state index in [4.69, 9.17) is 9.47 Å². The molecule has 1 N–H and O–H groups in total. The highest BCUT2D eigenvalue weighted by Crippen LogP contribution is 2.24. The van der Waals surface area contributed by atoms with Gasteiger partial charge >= 0.3 is 5.97 Å². The lowest BCUT2D eigenvalue weighted by Gasteiger charge is -2.11. The molecule has 0 radical (unpaired) electrons. The number of methoxy groups -OCH3 is 1. The zero-order chi connectivity index (χ0) is 16.8. The Hall–Kier alpha value is -1.55. The third-order valence-electron chi connectivity index (χ3n) is 3.01. The molecule has 0 saturated heterocycles. The molecule has 0 atom stereocenters. The molecule has 1 heterocycles. The molecule has 2 aromatic rings. The van der Waals surface area contributed by atoms with Gasteiger partial charge in [-0.15, -0.1) is 0 Å². The number of aromatic carboxylic acids is 1. The number of benzene rings is 1. The van der Waals surface area contributed by atoms with E-state index in [0.29, 0.717) is 5.16 Å². The summed E-state index contributed by atoms with van der Waals surface area (Å²) >= 11 is 3.58. The molecule has 0 bridgehead atoms. The molecular formula is C15H15IN2O4S. The third-order valence-corrected chi connectivity index (χ3v) is 4.39. The number of ether oxygens (including phenoxy) is 2. The molecule has 0 amide bonds. The minimum absolute atomic E-state index is 0.0505. The maximum absolute atomic E-state index is 11.2. The molecule has 0 unspecified atom stereocenters. The number of nitrogens with zero attached hydrogens (tertiary/aromatic N) is 2. The molecule has 8 heteroatoms. The highest BCUT2D eigenvalue weighted by atomic mass is 127. The molecule has 1 aromatic carbocycles. The molecule has 0 saturated carbocycles. The largest absolute Gasteiger partial charge is 0.496 e. The van der Waals surface area contributed by atoms with E-state index in [0.717, 1.165) is 21.3 Å². The van der Waals surface area contributed by atoms with Crippen LogP contribution in [-0.4, -0.2) is 34.4 Å². The van der Waals surface area contributed by atoms with Crippen LogP contribution in [0.15, 0.2) is 29.6 Å². The van der Waals surface area contributed by atoms with Crippen LogP contribution in [0.5, 0.6) is 11.6 Å². The Kier molecular flexibility index (Phi) is 6.46. The predicted molar refractivity (Wildman–Crippen MR) is 95.8 cm³/mol. The zero-order valence-electron chi connectivity index (χ0n) is 12.6. The van der Waals surface area contributed by atoms with E-state index < -0.39 is 5.97 Å². The second-order valence-electron chi connectivity index (χ2n) is 4.45. The van der Waals surface area contributed by atoms with Gasteiger partial charge in [-0.05, 0) is 24.0 Å². The molecule has 0 aliphatic rings. The summed E-state index contributed by atoms with van der Waals surface area (Å²) in [6, 6.07) is 5.73. The van der Waals surface area contributed by atoms with Crippen molar-refractivity contribution in [2.24, 2.45) is 0 Å². The van der Waals surface area contributed by atoms with E-state index in [-0.39, 0.29) is 18.1 Å². The van der Waals surface area contributed by atoms with E-state index >= 15 is 0 Å². The summed E-state index contributed by atoms with van der Waals surface area (Å²) in [5.74, 6) is -0.222. The molecule has 1 aromatic heterocycles. The van der Waals surface area contributed by atoms with Crippen LogP contribution in [-0.2, 0) is 11.0 Å². The number of carboxylic acids is 1. The highest BCUT2D eigenvalue weighted by molar-refractivity contribution is 14.1. The standard InChI is InChI=1S/C15H15IN2O4S/c1-21-12-4-3-9(5-10(12)6-16)8-22-13-11(14(19)20)7-17-15(18-13)23-2/h3-5,7H,6,8H2,1-2H3,(H,19,20). The first-order valence-corrected chi connectivity index (χ1v) is 9.33. The number of thioether (sulfide) groups is 1. The first-order chi connectivity index (χ1) is 11.1. The summed E-state index contributed by atoms with van der Waals surface area (Å²) in [6.45, 7) is 0.221. The summed E-state index contributed by atoms with van der Waals surface area (Å²) in [5.41, 5.74) is 1.92. The van der Waals surface area contributed by atoms with Crippen molar-refractivity contribution in [3.05, 3.63) is 41.1 Å². The molecule has 0 aliphatic carbocycles. The zero-order valence-corrected chi connectivity index (χ0v) is 15.6. The number of hydrogen-bond donors (Lipinski definition) is 1. The second kappa shape index (κ2) is 8.34. The van der Waals surface area contributed by atoms with Crippen LogP contribution in [0.1, 0.15) is 21.5 Å². The maximum atomic E-state index is 11.2. The van der Waals surface area contributed by atoms with Gasteiger partial charge in [0.25, 0.3) is 0 Å². The fourth-order valence-corrected chi connectivity index (χ4v) is 2.81. The van der Waals surface area contributed by atoms with Gasteiger partial charge in [0.1, 0.15) is 17.9 Å². The van der Waals surface area contributed by atoms with E-state index in [1.54, 1.807) is 7.11 Å². The molecule has 122 valence electrons. The quantitative estimate of drug-likeness (QED) is 0.302. The van der Waals surface area contributed by atoms with Gasteiger partial charge in [0.05, 0.1) is 7.11 Å². The number of carbonyl (C=O) groups is 1. The van der Waals surface area contributed by atoms with Crippen molar-refractivity contribution in [2.45, 2.75) is 16.2 Å². The van der Waals surface area contributed by atoms with E-state index in [2.05, 4.69) is 32.6 Å². The number of halogens is 1. The van der Waals surface area contributed by atoms with E-state index in [9.17, 15) is 9.90 Å². The molecule has 0 aliphatic heterocycles. The van der Waals surface area contributed by atoms with Crippen LogP contribution >= 0.6 is 34.4 Å². The Bertz CT molecular complexity index is 712. The van der Waals surface area contributed by atoms with E-state index in [1.165, 1.54) is 18.0 Å². The normalized spacial score (nSPS) is 10.4. The van der Waals surface area contributed by atoms with Crippen molar-refractivity contribution in [1.29, 1.82) is 0 Å². The van der Waals surface area contributed by atoms with Crippen LogP contribution in [0.4, 0.5) is 0 Å². The van der Waals surface area contributed by atoms with Gasteiger partial charge in [-0.2, -0.15) is 4.98 Å². The van der Waals surface area contributed by atoms with Crippen molar-refractivity contribution >= 4 is 40.3 Å². The summed E-state index contributed by atoms with van der Waals surface area (Å²) < 4.78 is 11.7. The number of hydrogen-bond acceptors (Lipinski definition) is 6. The molecule has 23 heavy (non-hydrogen) atoms. The molecule has 2 rings (SSSR count). The van der Waals surface area contributed by atoms with Gasteiger partial charge in [0.15, 0.2) is 5.16 Å². The summed E-state index contributed by atoms with van der Waals surface area (Å²) in [5, 5.41) is 9.66. The Morgan fingerprint density at radius 2 is 2.22 bits per heavy atom. The van der Waals surface area contributed by atoms with Gasteiger partial charge < -0.3 is 14.6 Å². The Morgan fingerprint density at radius 1 is 1.43 bits per heavy atom. The van der Waals surface area contributed by atoms with Gasteiger partial charge in [0, 0.05) is 16.2 Å². The van der Waals surface area contributed by atoms with Gasteiger partial charge in [0.2, 0.25) is 5.88 Å². The smallest absolute Gasteiger partial charge is 0.342 e. The fraction of sp³-hybridized carbons (Fsp3) is 0.267. The maximum Gasteiger partial charge on any atom is 0.342 e. The Labute approximate surface area is 151 Å². The van der Waals surface area contributed by atoms with Crippen molar-refractivity contribution in [2.75, 3.05) is 13.4 Å². The highest BCUT2D eigenvalue weighted by Gasteiger charge is 2.15. The van der Waals surface area contributed by atoms with Crippen LogP contribution in [0.2, 0.25) is 0 Å². The van der Waals surface area contributed by atoms with Gasteiger partial charge in [-0.3, -0.25) is 0 Å². The Balaban J connectivity index is 2.21. The van der Waals surface area contributed by atoms with Crippen LogP contribution in [0, 0.1) is 0 Å². The molecule has 0 fully saturated rings. The number of alkyl halides is 1. The molecular weight excluding hydrogens is 431 g/mol. The average molecular weight is 446 g/mol. The fourth-order valence-electron chi connectivity index (χ4n) is 1.88. The number of carboxylic acid groups (broad SMARTS) is 1. The topological polar surface area (TPSA) is 81.5 Å². The summed E-state index contributed by atoms with van der Waals surface area (Å²) in [7, 11) is 1.63. The second-order valence-corrected chi connectivity index (χ2v) is 5.99. The first kappa shape index (κ1) is 17.8. The van der Waals surface area contributed by atoms with Gasteiger partial charge in [-0.25, -0.2) is 9.78 Å². The lowest BCUT2D eigenvalue weighted by atomic mass is 10.1. The van der Waals surface area contributed by atoms with Gasteiger partial charge in [-0.1, -0.05) is 40.4 Å². The van der Waals surface area contributed by atoms with Crippen molar-refractivity contribution in [3.8, 4) is 11.6 Å². The first-order valence-electron chi connectivity index (χ1n) is 6.58. The third kappa shape index (κ3) is 4.47. The van der Waals surface area contributed by atoms with E-state index in [1.807, 2.05) is 24.5 Å². The predicted octanol–water partition coefficient (Wildman–Crippen LogP) is 3.42. The summed E-state index contributed by atoms with van der Waals surface area (Å²) in [4.78, 5) is 19.3. The summed E-state index contributed by atoms with van der Waals surface area (Å²) in [6.07, 6.45) is 3.08. The van der Waals surface area contributed by atoms with Crippen LogP contribution in [0.3, 0.4) is 0 Å². The monoisotopic (exact) mass is 446 g/mol. The number of aromatic nitrogens is 2. The lowest BCUT2D eigenvalue weighted by molar-refractivity contribution is 0.0689. The minimum atomic E-state index is -1.12. The van der Waals surface area contributed by atoms with Crippen molar-refractivity contribution < 1.29 is 19.4 Å². The lowest BCUT2D eigenvalue weighted by Crippen LogP contribution is -2.07. The van der Waals surface area contributed by atoms with Crippen LogP contribution < -0.4 is 9.47 Å². The Morgan fingerprint density at radius 3 is 2.83 bits per heavy atom. The SMILES string of the molecule is COc1ccc(COc2nc(SC)ncc2C(=O)O)cc1CI. The number of rotatable bonds is 7. The van der Waals surface area contributed by atoms with Crippen LogP contribution in [0.25, 0.3) is 0 Å². The minimum Gasteiger partial charge on any atom is -0.496 e. The van der Waals surface area contributed by atoms with Crippen molar-refractivity contribution in [3.63, 3.8) is 0 Å².